The molecule has 1 aromatic rings. The van der Waals surface area contributed by atoms with E-state index in [9.17, 15) is 8.42 Å². The van der Waals surface area contributed by atoms with Crippen LogP contribution in [0.1, 0.15) is 45.1 Å². The molecule has 19 heavy (non-hydrogen) atoms. The molecular weight excluding hydrogens is 258 g/mol. The van der Waals surface area contributed by atoms with Crippen molar-refractivity contribution in [3.63, 3.8) is 0 Å². The third-order valence-electron chi connectivity index (χ3n) is 3.63. The minimum absolute atomic E-state index is 0.216. The Hall–Kier alpha value is -0.870. The second-order valence-corrected chi connectivity index (χ2v) is 7.03. The molecule has 0 aliphatic heterocycles. The van der Waals surface area contributed by atoms with Gasteiger partial charge in [0.25, 0.3) is 0 Å². The highest BCUT2D eigenvalue weighted by Gasteiger charge is 2.24. The second-order valence-electron chi connectivity index (χ2n) is 4.95. The van der Waals surface area contributed by atoms with Crippen molar-refractivity contribution < 1.29 is 8.42 Å². The molecule has 1 rings (SSSR count). The maximum atomic E-state index is 12.4. The van der Waals surface area contributed by atoms with Gasteiger partial charge < -0.3 is 5.32 Å². The van der Waals surface area contributed by atoms with E-state index in [0.29, 0.717) is 11.3 Å². The highest BCUT2D eigenvalue weighted by Crippen LogP contribution is 2.30. The summed E-state index contributed by atoms with van der Waals surface area (Å²) < 4.78 is 24.7. The number of benzene rings is 1. The van der Waals surface area contributed by atoms with E-state index in [1.807, 2.05) is 32.2 Å². The van der Waals surface area contributed by atoms with Gasteiger partial charge in [0.05, 0.1) is 10.6 Å². The van der Waals surface area contributed by atoms with E-state index in [2.05, 4.69) is 19.2 Å². The van der Waals surface area contributed by atoms with Gasteiger partial charge in [-0.15, -0.1) is 0 Å². The van der Waals surface area contributed by atoms with E-state index >= 15 is 0 Å². The maximum Gasteiger partial charge on any atom is 0.178 e. The van der Waals surface area contributed by atoms with Crippen molar-refractivity contribution in [2.75, 3.05) is 12.8 Å². The lowest BCUT2D eigenvalue weighted by molar-refractivity contribution is 0.476. The Kier molecular flexibility index (Phi) is 6.01. The highest BCUT2D eigenvalue weighted by molar-refractivity contribution is 7.91. The molecule has 0 amide bonds. The molecule has 0 heterocycles. The minimum atomic E-state index is -3.17. The summed E-state index contributed by atoms with van der Waals surface area (Å²) in [6, 6.07) is 7.67. The molecule has 0 fully saturated rings. The van der Waals surface area contributed by atoms with Crippen LogP contribution in [0.4, 0.5) is 0 Å². The number of hydrogen-bond acceptors (Lipinski definition) is 3. The normalized spacial score (nSPS) is 15.2. The lowest BCUT2D eigenvalue weighted by Crippen LogP contribution is -2.29. The third kappa shape index (κ3) is 3.80. The summed E-state index contributed by atoms with van der Waals surface area (Å²) in [6.07, 6.45) is 1.57. The molecule has 1 N–H and O–H groups in total. The Morgan fingerprint density at radius 1 is 1.21 bits per heavy atom. The van der Waals surface area contributed by atoms with E-state index in [4.69, 9.17) is 0 Å². The van der Waals surface area contributed by atoms with Crippen molar-refractivity contribution in [2.45, 2.75) is 50.5 Å². The molecule has 0 radical (unpaired) electrons. The first-order chi connectivity index (χ1) is 8.97. The molecule has 2 atom stereocenters. The van der Waals surface area contributed by atoms with Crippen LogP contribution in [-0.4, -0.2) is 27.3 Å². The Balaban J connectivity index is 3.29. The van der Waals surface area contributed by atoms with Crippen molar-refractivity contribution in [3.05, 3.63) is 29.8 Å². The summed E-state index contributed by atoms with van der Waals surface area (Å²) in [4.78, 5) is 0.505. The van der Waals surface area contributed by atoms with Gasteiger partial charge in [0, 0.05) is 6.04 Å². The average molecular weight is 283 g/mol. The standard InChI is InChI=1S/C15H25NO2S/c1-5-11-19(17,18)15-10-8-7-9-14(15)13(6-2)12(3)16-4/h7-10,12-13,16H,5-6,11H2,1-4H3. The topological polar surface area (TPSA) is 46.2 Å². The van der Waals surface area contributed by atoms with Gasteiger partial charge in [0.15, 0.2) is 9.84 Å². The van der Waals surface area contributed by atoms with Crippen LogP contribution in [-0.2, 0) is 9.84 Å². The van der Waals surface area contributed by atoms with Gasteiger partial charge in [0.1, 0.15) is 0 Å². The summed E-state index contributed by atoms with van der Waals surface area (Å²) in [7, 11) is -1.25. The van der Waals surface area contributed by atoms with Crippen LogP contribution in [0.15, 0.2) is 29.2 Å². The summed E-state index contributed by atoms with van der Waals surface area (Å²) >= 11 is 0. The summed E-state index contributed by atoms with van der Waals surface area (Å²) in [5, 5.41) is 3.23. The first-order valence-corrected chi connectivity index (χ1v) is 8.62. The fraction of sp³-hybridized carbons (Fsp3) is 0.600. The summed E-state index contributed by atoms with van der Waals surface area (Å²) in [6.45, 7) is 6.09. The molecule has 0 aliphatic carbocycles. The molecule has 0 aromatic heterocycles. The smallest absolute Gasteiger partial charge is 0.178 e. The molecule has 0 spiro atoms. The van der Waals surface area contributed by atoms with Crippen LogP contribution in [0, 0.1) is 0 Å². The Morgan fingerprint density at radius 2 is 1.84 bits per heavy atom. The van der Waals surface area contributed by atoms with Crippen molar-refractivity contribution in [3.8, 4) is 0 Å². The van der Waals surface area contributed by atoms with E-state index in [1.165, 1.54) is 0 Å². The first-order valence-electron chi connectivity index (χ1n) is 6.96. The molecule has 4 heteroatoms. The summed E-state index contributed by atoms with van der Waals surface area (Å²) in [5.41, 5.74) is 0.945. The van der Waals surface area contributed by atoms with Crippen molar-refractivity contribution >= 4 is 9.84 Å². The molecule has 0 saturated carbocycles. The van der Waals surface area contributed by atoms with Gasteiger partial charge in [-0.2, -0.15) is 0 Å². The molecule has 1 aromatic carbocycles. The van der Waals surface area contributed by atoms with Crippen molar-refractivity contribution in [1.82, 2.24) is 5.32 Å². The Bertz CT molecular complexity index is 497. The zero-order chi connectivity index (χ0) is 14.5. The zero-order valence-electron chi connectivity index (χ0n) is 12.3. The number of sulfone groups is 1. The van der Waals surface area contributed by atoms with E-state index in [1.54, 1.807) is 6.07 Å². The van der Waals surface area contributed by atoms with Crippen LogP contribution in [0.2, 0.25) is 0 Å². The number of likely N-dealkylation sites (N-methyl/N-ethyl adjacent to an activating group) is 1. The first kappa shape index (κ1) is 16.2. The molecular formula is C15H25NO2S. The molecule has 0 saturated heterocycles. The van der Waals surface area contributed by atoms with Crippen LogP contribution in [0.3, 0.4) is 0 Å². The fourth-order valence-electron chi connectivity index (χ4n) is 2.49. The molecule has 0 bridgehead atoms. The van der Waals surface area contributed by atoms with Gasteiger partial charge in [-0.1, -0.05) is 32.0 Å². The van der Waals surface area contributed by atoms with Gasteiger partial charge in [0.2, 0.25) is 0 Å². The molecule has 2 unspecified atom stereocenters. The lowest BCUT2D eigenvalue weighted by atomic mass is 9.90. The van der Waals surface area contributed by atoms with E-state index < -0.39 is 9.84 Å². The fourth-order valence-corrected chi connectivity index (χ4v) is 4.11. The van der Waals surface area contributed by atoms with Crippen LogP contribution < -0.4 is 5.32 Å². The minimum Gasteiger partial charge on any atom is -0.317 e. The van der Waals surface area contributed by atoms with Crippen molar-refractivity contribution in [2.24, 2.45) is 0 Å². The van der Waals surface area contributed by atoms with E-state index in [0.717, 1.165) is 12.0 Å². The summed E-state index contributed by atoms with van der Waals surface area (Å²) in [5.74, 6) is 0.432. The van der Waals surface area contributed by atoms with Gasteiger partial charge in [-0.25, -0.2) is 8.42 Å². The van der Waals surface area contributed by atoms with Crippen LogP contribution >= 0.6 is 0 Å². The Labute approximate surface area is 117 Å². The van der Waals surface area contributed by atoms with Gasteiger partial charge >= 0.3 is 0 Å². The van der Waals surface area contributed by atoms with Crippen molar-refractivity contribution in [1.29, 1.82) is 0 Å². The Morgan fingerprint density at radius 3 is 2.37 bits per heavy atom. The maximum absolute atomic E-state index is 12.4. The SMILES string of the molecule is CCCS(=O)(=O)c1ccccc1C(CC)C(C)NC. The average Bonchev–Trinajstić information content (AvgIpc) is 2.39. The molecule has 0 aliphatic rings. The lowest BCUT2D eigenvalue weighted by Gasteiger charge is -2.25. The van der Waals surface area contributed by atoms with Gasteiger partial charge in [-0.3, -0.25) is 0 Å². The highest BCUT2D eigenvalue weighted by atomic mass is 32.2. The molecule has 108 valence electrons. The predicted molar refractivity (Wildman–Crippen MR) is 80.3 cm³/mol. The van der Waals surface area contributed by atoms with Crippen LogP contribution in [0.5, 0.6) is 0 Å². The van der Waals surface area contributed by atoms with Crippen LogP contribution in [0.25, 0.3) is 0 Å². The predicted octanol–water partition coefficient (Wildman–Crippen LogP) is 2.97. The van der Waals surface area contributed by atoms with E-state index in [-0.39, 0.29) is 17.7 Å². The van der Waals surface area contributed by atoms with Gasteiger partial charge in [-0.05, 0) is 44.4 Å². The third-order valence-corrected chi connectivity index (χ3v) is 5.61. The number of rotatable bonds is 7. The quantitative estimate of drug-likeness (QED) is 0.837. The largest absolute Gasteiger partial charge is 0.317 e. The monoisotopic (exact) mass is 283 g/mol. The second kappa shape index (κ2) is 7.06. The zero-order valence-corrected chi connectivity index (χ0v) is 13.1. The number of hydrogen-bond donors (Lipinski definition) is 1. The molecule has 3 nitrogen and oxygen atoms in total. The number of nitrogens with one attached hydrogen (secondary N) is 1.